The summed E-state index contributed by atoms with van der Waals surface area (Å²) >= 11 is 0. The van der Waals surface area contributed by atoms with Crippen molar-refractivity contribution in [2.75, 3.05) is 13.2 Å². The summed E-state index contributed by atoms with van der Waals surface area (Å²) in [4.78, 5) is 20.6. The zero-order valence-corrected chi connectivity index (χ0v) is 24.6. The van der Waals surface area contributed by atoms with Crippen molar-refractivity contribution in [2.45, 2.75) is 40.3 Å². The van der Waals surface area contributed by atoms with Crippen molar-refractivity contribution in [3.63, 3.8) is 0 Å². The van der Waals surface area contributed by atoms with Gasteiger partial charge in [-0.25, -0.2) is 4.39 Å². The number of hydrogen-bond donors (Lipinski definition) is 1. The van der Waals surface area contributed by atoms with Crippen LogP contribution >= 0.6 is 0 Å². The molecule has 0 aliphatic carbocycles. The Bertz CT molecular complexity index is 1330. The van der Waals surface area contributed by atoms with Crippen LogP contribution in [0.15, 0.2) is 97.1 Å². The highest BCUT2D eigenvalue weighted by Gasteiger charge is 2.04. The Morgan fingerprint density at radius 1 is 0.605 bits per heavy atom. The lowest BCUT2D eigenvalue weighted by molar-refractivity contribution is -0.0616. The predicted octanol–water partition coefficient (Wildman–Crippen LogP) is 7.84. The van der Waals surface area contributed by atoms with E-state index in [4.69, 9.17) is 28.8 Å². The van der Waals surface area contributed by atoms with E-state index in [1.807, 2.05) is 52.0 Å². The van der Waals surface area contributed by atoms with Gasteiger partial charge in [0.15, 0.2) is 12.6 Å². The van der Waals surface area contributed by atoms with E-state index in [0.717, 1.165) is 12.0 Å². The monoisotopic (exact) mass is 592 g/mol. The average Bonchev–Trinajstić information content (AvgIpc) is 3.01. The normalized spacial score (nSPS) is 11.4. The molecule has 0 radical (unpaired) electrons. The van der Waals surface area contributed by atoms with E-state index in [-0.39, 0.29) is 24.1 Å². The summed E-state index contributed by atoms with van der Waals surface area (Å²) in [6, 6.07) is 26.2. The standard InChI is InChI=1S/C17H18O4.C10H14O3.C7H5FO/c1-3-19-13(2)20-15-8-10-17(11-9-15)21-16-6-4-14(12-18)5-7-16;1-3-12-8(2)13-10-6-4-9(11)5-7-10;8-7-3-1-6(5-9)2-4-7/h4-13H,3H2,1-2H3;4-8,11H,3H2,1-2H3;1-5H. The first kappa shape index (κ1) is 34.5. The predicted molar refractivity (Wildman–Crippen MR) is 162 cm³/mol. The molecule has 0 aliphatic heterocycles. The van der Waals surface area contributed by atoms with Crippen LogP contribution in [0.5, 0.6) is 28.7 Å². The first-order chi connectivity index (χ1) is 20.8. The molecular formula is C34H37FO8. The highest BCUT2D eigenvalue weighted by Crippen LogP contribution is 2.24. The fraction of sp³-hybridized carbons (Fsp3) is 0.235. The van der Waals surface area contributed by atoms with Gasteiger partial charge in [0.1, 0.15) is 47.1 Å². The molecule has 0 bridgehead atoms. The van der Waals surface area contributed by atoms with Crippen molar-refractivity contribution < 1.29 is 42.8 Å². The van der Waals surface area contributed by atoms with Gasteiger partial charge in [-0.1, -0.05) is 0 Å². The Labute approximate surface area is 251 Å². The average molecular weight is 593 g/mol. The summed E-state index contributed by atoms with van der Waals surface area (Å²) in [5.74, 6) is 2.71. The van der Waals surface area contributed by atoms with Gasteiger partial charge in [0.25, 0.3) is 0 Å². The van der Waals surface area contributed by atoms with E-state index < -0.39 is 0 Å². The highest BCUT2D eigenvalue weighted by molar-refractivity contribution is 5.75. The number of aldehydes is 2. The number of benzene rings is 4. The number of phenols is 1. The molecule has 43 heavy (non-hydrogen) atoms. The topological polar surface area (TPSA) is 101 Å². The summed E-state index contributed by atoms with van der Waals surface area (Å²) in [6.45, 7) is 8.75. The molecule has 0 saturated heterocycles. The summed E-state index contributed by atoms with van der Waals surface area (Å²) in [7, 11) is 0. The molecule has 4 rings (SSSR count). The third-order valence-corrected chi connectivity index (χ3v) is 5.33. The third-order valence-electron chi connectivity index (χ3n) is 5.33. The van der Waals surface area contributed by atoms with Crippen LogP contribution in [-0.2, 0) is 9.47 Å². The second kappa shape index (κ2) is 19.4. The Balaban J connectivity index is 0.000000249. The summed E-state index contributed by atoms with van der Waals surface area (Å²) in [5, 5.41) is 9.01. The second-order valence-electron chi connectivity index (χ2n) is 8.71. The van der Waals surface area contributed by atoms with Gasteiger partial charge in [-0.05, 0) is 125 Å². The van der Waals surface area contributed by atoms with Crippen LogP contribution in [0.4, 0.5) is 4.39 Å². The van der Waals surface area contributed by atoms with Gasteiger partial charge in [-0.2, -0.15) is 0 Å². The van der Waals surface area contributed by atoms with E-state index in [0.29, 0.717) is 47.9 Å². The third kappa shape index (κ3) is 14.1. The van der Waals surface area contributed by atoms with Crippen LogP contribution < -0.4 is 14.2 Å². The quantitative estimate of drug-likeness (QED) is 0.131. The summed E-state index contributed by atoms with van der Waals surface area (Å²) in [5.41, 5.74) is 1.12. The molecule has 4 aromatic carbocycles. The van der Waals surface area contributed by atoms with E-state index in [2.05, 4.69) is 0 Å². The maximum absolute atomic E-state index is 12.1. The molecule has 0 spiro atoms. The van der Waals surface area contributed by atoms with Gasteiger partial charge in [0, 0.05) is 24.3 Å². The molecule has 8 nitrogen and oxygen atoms in total. The second-order valence-corrected chi connectivity index (χ2v) is 8.71. The minimum atomic E-state index is -0.319. The number of phenolic OH excluding ortho intramolecular Hbond substituents is 1. The van der Waals surface area contributed by atoms with Crippen LogP contribution in [0.25, 0.3) is 0 Å². The molecule has 9 heteroatoms. The van der Waals surface area contributed by atoms with Gasteiger partial charge in [-0.3, -0.25) is 9.59 Å². The molecule has 2 unspecified atom stereocenters. The molecule has 0 heterocycles. The largest absolute Gasteiger partial charge is 0.508 e. The molecule has 0 amide bonds. The zero-order chi connectivity index (χ0) is 31.5. The lowest BCUT2D eigenvalue weighted by atomic mass is 10.2. The van der Waals surface area contributed by atoms with Gasteiger partial charge < -0.3 is 28.8 Å². The molecule has 0 aromatic heterocycles. The lowest BCUT2D eigenvalue weighted by Crippen LogP contribution is -2.15. The first-order valence-electron chi connectivity index (χ1n) is 13.7. The van der Waals surface area contributed by atoms with E-state index in [1.54, 1.807) is 48.5 Å². The maximum Gasteiger partial charge on any atom is 0.196 e. The fourth-order valence-electron chi connectivity index (χ4n) is 3.32. The Morgan fingerprint density at radius 3 is 1.35 bits per heavy atom. The van der Waals surface area contributed by atoms with Crippen molar-refractivity contribution in [1.82, 2.24) is 0 Å². The molecule has 0 aliphatic rings. The Hall–Kier alpha value is -4.73. The van der Waals surface area contributed by atoms with Crippen molar-refractivity contribution >= 4 is 12.6 Å². The molecule has 1 N–H and O–H groups in total. The van der Waals surface area contributed by atoms with Gasteiger partial charge in [-0.15, -0.1) is 0 Å². The Kier molecular flexibility index (Phi) is 15.6. The zero-order valence-electron chi connectivity index (χ0n) is 24.6. The smallest absolute Gasteiger partial charge is 0.196 e. The number of aromatic hydroxyl groups is 1. The summed E-state index contributed by atoms with van der Waals surface area (Å²) in [6.07, 6.45) is 0.946. The van der Waals surface area contributed by atoms with Crippen LogP contribution in [-0.4, -0.2) is 43.5 Å². The number of halogens is 1. The number of ether oxygens (including phenoxy) is 5. The van der Waals surface area contributed by atoms with Crippen LogP contribution in [0.3, 0.4) is 0 Å². The SMILES string of the molecule is CCOC(C)Oc1ccc(O)cc1.CCOC(C)Oc1ccc(Oc2ccc(C=O)cc2)cc1.O=Cc1ccc(F)cc1. The highest BCUT2D eigenvalue weighted by atomic mass is 19.1. The molecule has 0 fully saturated rings. The maximum atomic E-state index is 12.1. The van der Waals surface area contributed by atoms with Crippen molar-refractivity contribution in [1.29, 1.82) is 0 Å². The van der Waals surface area contributed by atoms with Crippen molar-refractivity contribution in [3.05, 3.63) is 114 Å². The Morgan fingerprint density at radius 2 is 0.953 bits per heavy atom. The number of carbonyl (C=O) groups excluding carboxylic acids is 2. The molecule has 2 atom stereocenters. The lowest BCUT2D eigenvalue weighted by Gasteiger charge is -2.14. The molecule has 0 saturated carbocycles. The minimum absolute atomic E-state index is 0.233. The van der Waals surface area contributed by atoms with Crippen LogP contribution in [0.1, 0.15) is 48.4 Å². The van der Waals surface area contributed by atoms with Gasteiger partial charge in [0.2, 0.25) is 0 Å². The van der Waals surface area contributed by atoms with E-state index >= 15 is 0 Å². The molecule has 228 valence electrons. The van der Waals surface area contributed by atoms with Crippen LogP contribution in [0.2, 0.25) is 0 Å². The summed E-state index contributed by atoms with van der Waals surface area (Å²) < 4.78 is 39.2. The fourth-order valence-corrected chi connectivity index (χ4v) is 3.32. The minimum Gasteiger partial charge on any atom is -0.508 e. The molecule has 4 aromatic rings. The van der Waals surface area contributed by atoms with E-state index in [9.17, 15) is 14.0 Å². The van der Waals surface area contributed by atoms with E-state index in [1.165, 1.54) is 24.3 Å². The van der Waals surface area contributed by atoms with Crippen LogP contribution in [0, 0.1) is 5.82 Å². The van der Waals surface area contributed by atoms with Crippen molar-refractivity contribution in [2.24, 2.45) is 0 Å². The van der Waals surface area contributed by atoms with Gasteiger partial charge >= 0.3 is 0 Å². The van der Waals surface area contributed by atoms with Crippen molar-refractivity contribution in [3.8, 4) is 28.7 Å². The number of carbonyl (C=O) groups is 2. The molecular weight excluding hydrogens is 555 g/mol. The number of rotatable bonds is 12. The first-order valence-corrected chi connectivity index (χ1v) is 13.7. The number of hydrogen-bond acceptors (Lipinski definition) is 8. The van der Waals surface area contributed by atoms with Gasteiger partial charge in [0.05, 0.1) is 0 Å².